The number of ether oxygens (including phenoxy) is 1. The van der Waals surface area contributed by atoms with Crippen LogP contribution in [0.1, 0.15) is 28.1 Å². The molecule has 5 amide bonds. The lowest BCUT2D eigenvalue weighted by atomic mass is 10.0. The van der Waals surface area contributed by atoms with E-state index in [2.05, 4.69) is 20.9 Å². The number of piperidine rings is 1. The topological polar surface area (TPSA) is 153 Å². The van der Waals surface area contributed by atoms with E-state index in [1.165, 1.54) is 23.5 Å². The summed E-state index contributed by atoms with van der Waals surface area (Å²) < 4.78 is 5.96. The van der Waals surface area contributed by atoms with Crippen LogP contribution < -0.4 is 25.6 Å². The molecule has 4 heterocycles. The van der Waals surface area contributed by atoms with Gasteiger partial charge in [-0.15, -0.1) is 11.3 Å². The minimum absolute atomic E-state index is 0.0243. The molecule has 0 radical (unpaired) electrons. The summed E-state index contributed by atoms with van der Waals surface area (Å²) in [6.45, 7) is 2.78. The lowest BCUT2D eigenvalue weighted by Crippen LogP contribution is -2.49. The average Bonchev–Trinajstić information content (AvgIpc) is 3.40. The van der Waals surface area contributed by atoms with E-state index < -0.39 is 12.1 Å². The van der Waals surface area contributed by atoms with Crippen molar-refractivity contribution in [3.8, 4) is 11.5 Å². The number of hydrogen-bond acceptors (Lipinski definition) is 7. The summed E-state index contributed by atoms with van der Waals surface area (Å²) >= 11 is 1.20. The fraction of sp³-hybridized carbons (Fsp3) is 0.219. The van der Waals surface area contributed by atoms with Crippen LogP contribution in [0.25, 0.3) is 10.2 Å². The molecule has 0 saturated carbocycles. The van der Waals surface area contributed by atoms with Crippen LogP contribution in [-0.2, 0) is 4.79 Å². The number of benzene rings is 2. The van der Waals surface area contributed by atoms with Gasteiger partial charge in [0.2, 0.25) is 5.91 Å². The van der Waals surface area contributed by atoms with E-state index in [9.17, 15) is 19.2 Å². The molecular weight excluding hydrogens is 596 g/mol. The van der Waals surface area contributed by atoms with Crippen LogP contribution in [0.2, 0.25) is 0 Å². The van der Waals surface area contributed by atoms with E-state index in [0.717, 1.165) is 5.56 Å². The Balaban J connectivity index is 1.20. The van der Waals surface area contributed by atoms with Gasteiger partial charge in [-0.05, 0) is 61.7 Å². The number of likely N-dealkylation sites (tertiary alicyclic amines) is 1. The van der Waals surface area contributed by atoms with Gasteiger partial charge in [0.25, 0.3) is 5.91 Å². The lowest BCUT2D eigenvalue weighted by Gasteiger charge is -2.32. The molecule has 0 aliphatic carbocycles. The monoisotopic (exact) mass is 626 g/mol. The molecule has 45 heavy (non-hydrogen) atoms. The summed E-state index contributed by atoms with van der Waals surface area (Å²) in [7, 11) is 0. The molecule has 4 aromatic rings. The molecular formula is C32H30N6O6S. The van der Waals surface area contributed by atoms with Gasteiger partial charge in [0, 0.05) is 37.9 Å². The fourth-order valence-electron chi connectivity index (χ4n) is 5.51. The lowest BCUT2D eigenvalue weighted by molar-refractivity contribution is -0.127. The number of carboxylic acid groups (broad SMARTS) is 1. The average molecular weight is 627 g/mol. The highest BCUT2D eigenvalue weighted by Gasteiger charge is 2.34. The minimum atomic E-state index is -1.17. The zero-order valence-electron chi connectivity index (χ0n) is 24.3. The molecule has 6 rings (SSSR count). The number of para-hydroxylation sites is 1. The number of hydrogen-bond donors (Lipinski definition) is 4. The SMILES string of the molecule is Cc1cc(Oc2ccccc2)ccc1N1C(=O)Nc2c(C(=O)N[C@@H]3CCCN(C(=O)/C=C/CNC(=O)O)C3)sc3nccc1c23. The number of carbonyl (C=O) groups excluding carboxylic acids is 3. The summed E-state index contributed by atoms with van der Waals surface area (Å²) in [6.07, 6.45) is 4.62. The maximum atomic E-state index is 13.6. The summed E-state index contributed by atoms with van der Waals surface area (Å²) in [4.78, 5) is 59.0. The van der Waals surface area contributed by atoms with E-state index in [-0.39, 0.29) is 24.4 Å². The largest absolute Gasteiger partial charge is 0.465 e. The van der Waals surface area contributed by atoms with Crippen molar-refractivity contribution in [3.63, 3.8) is 0 Å². The number of nitrogens with one attached hydrogen (secondary N) is 3. The van der Waals surface area contributed by atoms with Crippen LogP contribution in [0.4, 0.5) is 26.7 Å². The Labute approximate surface area is 262 Å². The highest BCUT2D eigenvalue weighted by Crippen LogP contribution is 2.46. The molecule has 2 aromatic carbocycles. The zero-order valence-corrected chi connectivity index (χ0v) is 25.1. The maximum Gasteiger partial charge on any atom is 0.404 e. The molecule has 2 aliphatic rings. The van der Waals surface area contributed by atoms with Crippen LogP contribution >= 0.6 is 11.3 Å². The number of pyridine rings is 1. The van der Waals surface area contributed by atoms with Gasteiger partial charge in [0.05, 0.1) is 22.4 Å². The molecule has 0 spiro atoms. The molecule has 0 unspecified atom stereocenters. The summed E-state index contributed by atoms with van der Waals surface area (Å²) in [5, 5.41) is 17.5. The number of thiophene rings is 1. The highest BCUT2D eigenvalue weighted by molar-refractivity contribution is 7.21. The second kappa shape index (κ2) is 12.7. The molecule has 1 saturated heterocycles. The van der Waals surface area contributed by atoms with Crippen LogP contribution in [0.5, 0.6) is 11.5 Å². The van der Waals surface area contributed by atoms with E-state index in [4.69, 9.17) is 9.84 Å². The number of anilines is 3. The molecule has 0 bridgehead atoms. The smallest absolute Gasteiger partial charge is 0.404 e. The summed E-state index contributed by atoms with van der Waals surface area (Å²) in [5.41, 5.74) is 2.52. The first-order chi connectivity index (χ1) is 21.8. The van der Waals surface area contributed by atoms with Crippen molar-refractivity contribution in [2.24, 2.45) is 0 Å². The number of nitrogens with zero attached hydrogens (tertiary/aromatic N) is 3. The van der Waals surface area contributed by atoms with Gasteiger partial charge < -0.3 is 30.7 Å². The normalized spacial score (nSPS) is 16.0. The Morgan fingerprint density at radius 3 is 2.73 bits per heavy atom. The van der Waals surface area contributed by atoms with E-state index >= 15 is 0 Å². The van der Waals surface area contributed by atoms with Crippen LogP contribution in [0.15, 0.2) is 72.9 Å². The number of urea groups is 1. The second-order valence-electron chi connectivity index (χ2n) is 10.6. The predicted molar refractivity (Wildman–Crippen MR) is 171 cm³/mol. The third-order valence-electron chi connectivity index (χ3n) is 7.54. The van der Waals surface area contributed by atoms with Crippen molar-refractivity contribution in [1.29, 1.82) is 0 Å². The number of carbonyl (C=O) groups is 4. The fourth-order valence-corrected chi connectivity index (χ4v) is 6.53. The summed E-state index contributed by atoms with van der Waals surface area (Å²) in [5.74, 6) is 0.741. The predicted octanol–water partition coefficient (Wildman–Crippen LogP) is 5.63. The third kappa shape index (κ3) is 6.29. The van der Waals surface area contributed by atoms with Gasteiger partial charge in [-0.3, -0.25) is 14.5 Å². The Morgan fingerprint density at radius 1 is 1.13 bits per heavy atom. The molecule has 1 atom stereocenters. The van der Waals surface area contributed by atoms with Crippen molar-refractivity contribution in [2.45, 2.75) is 25.8 Å². The van der Waals surface area contributed by atoms with Crippen LogP contribution in [-0.4, -0.2) is 64.6 Å². The van der Waals surface area contributed by atoms with Crippen LogP contribution in [0, 0.1) is 6.92 Å². The van der Waals surface area contributed by atoms with Gasteiger partial charge in [-0.2, -0.15) is 0 Å². The Bertz CT molecular complexity index is 1820. The minimum Gasteiger partial charge on any atom is -0.465 e. The van der Waals surface area contributed by atoms with Gasteiger partial charge in [-0.1, -0.05) is 24.3 Å². The van der Waals surface area contributed by atoms with Crippen molar-refractivity contribution >= 4 is 62.6 Å². The standard InChI is InChI=1S/C32H30N6O6S/c1-19-17-22(44-21-8-3-2-4-9-21)11-12-23(19)38-24-13-15-33-30-26(24)27(36-31(38)41)28(45-30)29(40)35-20-7-6-16-37(18-20)25(39)10-5-14-34-32(42)43/h2-5,8-13,15,17,20,34H,6-7,14,16,18H2,1H3,(H,35,40)(H,36,41)(H,42,43)/b10-5+/t20-/m1/s1. The number of amides is 5. The quantitative estimate of drug-likeness (QED) is 0.185. The molecule has 230 valence electrons. The summed E-state index contributed by atoms with van der Waals surface area (Å²) in [6, 6.07) is 16.0. The molecule has 4 N–H and O–H groups in total. The van der Waals surface area contributed by atoms with Gasteiger partial charge in [0.1, 0.15) is 21.2 Å². The molecule has 1 fully saturated rings. The van der Waals surface area contributed by atoms with Crippen molar-refractivity contribution < 1.29 is 29.0 Å². The molecule has 2 aromatic heterocycles. The van der Waals surface area contributed by atoms with E-state index in [1.54, 1.807) is 22.1 Å². The van der Waals surface area contributed by atoms with Crippen molar-refractivity contribution in [1.82, 2.24) is 20.5 Å². The molecule has 12 nitrogen and oxygen atoms in total. The number of rotatable bonds is 8. The molecule has 2 aliphatic heterocycles. The number of aromatic nitrogens is 1. The van der Waals surface area contributed by atoms with Crippen LogP contribution in [0.3, 0.4) is 0 Å². The number of aryl methyl sites for hydroxylation is 1. The first-order valence-electron chi connectivity index (χ1n) is 14.4. The Kier molecular flexibility index (Phi) is 8.34. The van der Waals surface area contributed by atoms with E-state index in [1.807, 2.05) is 55.5 Å². The van der Waals surface area contributed by atoms with Gasteiger partial charge in [0.15, 0.2) is 0 Å². The highest BCUT2D eigenvalue weighted by atomic mass is 32.1. The Morgan fingerprint density at radius 2 is 1.96 bits per heavy atom. The van der Waals surface area contributed by atoms with Crippen molar-refractivity contribution in [2.75, 3.05) is 29.9 Å². The first kappa shape index (κ1) is 29.6. The second-order valence-corrected chi connectivity index (χ2v) is 11.6. The molecule has 13 heteroatoms. The maximum absolute atomic E-state index is 13.6. The van der Waals surface area contributed by atoms with Crippen molar-refractivity contribution in [3.05, 3.63) is 83.4 Å². The first-order valence-corrected chi connectivity index (χ1v) is 15.2. The van der Waals surface area contributed by atoms with Gasteiger partial charge >= 0.3 is 12.1 Å². The Hall–Kier alpha value is -5.43. The van der Waals surface area contributed by atoms with E-state index in [0.29, 0.717) is 69.6 Å². The zero-order chi connectivity index (χ0) is 31.5. The third-order valence-corrected chi connectivity index (χ3v) is 8.64. The van der Waals surface area contributed by atoms with Gasteiger partial charge in [-0.25, -0.2) is 14.6 Å².